The fourth-order valence-corrected chi connectivity index (χ4v) is 2.99. The van der Waals surface area contributed by atoms with E-state index < -0.39 is 16.8 Å². The summed E-state index contributed by atoms with van der Waals surface area (Å²) in [5, 5.41) is 13.6. The summed E-state index contributed by atoms with van der Waals surface area (Å²) in [4.78, 5) is 38.3. The number of aryl methyl sites for hydroxylation is 1. The molecule has 1 amide bonds. The van der Waals surface area contributed by atoms with Gasteiger partial charge in [-0.2, -0.15) is 0 Å². The van der Waals surface area contributed by atoms with Gasteiger partial charge in [0.25, 0.3) is 0 Å². The average molecular weight is 338 g/mol. The number of aromatic nitrogens is 2. The van der Waals surface area contributed by atoms with Crippen LogP contribution >= 0.6 is 11.3 Å². The van der Waals surface area contributed by atoms with Crippen molar-refractivity contribution in [3.63, 3.8) is 0 Å². The highest BCUT2D eigenvalue weighted by atomic mass is 32.1. The summed E-state index contributed by atoms with van der Waals surface area (Å²) in [5.41, 5.74) is 1.07. The number of nitro groups is 1. The Morgan fingerprint density at radius 3 is 2.74 bits per heavy atom. The molecule has 10 heteroatoms. The first-order valence-corrected chi connectivity index (χ1v) is 7.29. The van der Waals surface area contributed by atoms with E-state index in [0.717, 1.165) is 16.6 Å². The normalized spacial score (nSPS) is 10.4. The Morgan fingerprint density at radius 2 is 2.17 bits per heavy atom. The molecule has 0 spiro atoms. The number of ether oxygens (including phenoxy) is 1. The summed E-state index contributed by atoms with van der Waals surface area (Å²) >= 11 is 1.27. The van der Waals surface area contributed by atoms with Gasteiger partial charge in [0.05, 0.1) is 12.7 Å². The smallest absolute Gasteiger partial charge is 0.381 e. The van der Waals surface area contributed by atoms with Gasteiger partial charge in [-0.3, -0.25) is 4.79 Å². The quantitative estimate of drug-likeness (QED) is 0.505. The molecule has 0 radical (unpaired) electrons. The third kappa shape index (κ3) is 3.54. The number of carbonyl (C=O) groups is 2. The molecule has 2 rings (SSSR count). The molecule has 0 saturated carbocycles. The van der Waals surface area contributed by atoms with Crippen molar-refractivity contribution in [2.45, 2.75) is 20.4 Å². The van der Waals surface area contributed by atoms with Gasteiger partial charge in [0.15, 0.2) is 0 Å². The van der Waals surface area contributed by atoms with Crippen LogP contribution in [0.1, 0.15) is 20.8 Å². The molecule has 0 unspecified atom stereocenters. The molecule has 0 fully saturated rings. The van der Waals surface area contributed by atoms with Crippen LogP contribution in [0.2, 0.25) is 0 Å². The molecule has 0 atom stereocenters. The van der Waals surface area contributed by atoms with E-state index in [0.29, 0.717) is 10.6 Å². The van der Waals surface area contributed by atoms with Gasteiger partial charge in [-0.25, -0.2) is 4.79 Å². The van der Waals surface area contributed by atoms with Gasteiger partial charge < -0.3 is 24.7 Å². The van der Waals surface area contributed by atoms with Crippen molar-refractivity contribution in [3.8, 4) is 0 Å². The Balaban J connectivity index is 2.15. The number of hydrogen-bond donors (Lipinski definition) is 1. The molecule has 1 N–H and O–H groups in total. The summed E-state index contributed by atoms with van der Waals surface area (Å²) in [6, 6.07) is 0. The molecular weight excluding hydrogens is 324 g/mol. The van der Waals surface area contributed by atoms with Gasteiger partial charge in [0, 0.05) is 4.88 Å². The number of nitrogens with zero attached hydrogens (tertiary/aromatic N) is 3. The zero-order valence-corrected chi connectivity index (χ0v) is 13.5. The lowest BCUT2D eigenvalue weighted by molar-refractivity contribution is -0.389. The molecule has 2 aromatic rings. The van der Waals surface area contributed by atoms with Crippen molar-refractivity contribution in [2.24, 2.45) is 0 Å². The fourth-order valence-electron chi connectivity index (χ4n) is 1.92. The minimum atomic E-state index is -0.643. The molecule has 9 nitrogen and oxygen atoms in total. The van der Waals surface area contributed by atoms with Crippen molar-refractivity contribution in [1.82, 2.24) is 9.55 Å². The van der Waals surface area contributed by atoms with E-state index in [9.17, 15) is 19.7 Å². The number of nitrogens with one attached hydrogen (secondary N) is 1. The molecule has 0 aromatic carbocycles. The Kier molecular flexibility index (Phi) is 4.74. The number of rotatable bonds is 5. The second-order valence-electron chi connectivity index (χ2n) is 4.69. The lowest BCUT2D eigenvalue weighted by Crippen LogP contribution is -2.19. The fraction of sp³-hybridized carbons (Fsp3) is 0.308. The number of esters is 1. The molecule has 122 valence electrons. The summed E-state index contributed by atoms with van der Waals surface area (Å²) in [7, 11) is 1.27. The highest BCUT2D eigenvalue weighted by Crippen LogP contribution is 2.32. The topological polar surface area (TPSA) is 116 Å². The van der Waals surface area contributed by atoms with E-state index in [4.69, 9.17) is 4.74 Å². The molecular formula is C13H14N4O5S. The highest BCUT2D eigenvalue weighted by molar-refractivity contribution is 7.16. The second kappa shape index (κ2) is 6.57. The molecule has 0 aliphatic carbocycles. The zero-order valence-electron chi connectivity index (χ0n) is 12.7. The van der Waals surface area contributed by atoms with Crippen molar-refractivity contribution in [1.29, 1.82) is 0 Å². The number of carbonyl (C=O) groups excluding carboxylic acids is 2. The largest absolute Gasteiger partial charge is 0.465 e. The van der Waals surface area contributed by atoms with Crippen LogP contribution in [-0.2, 0) is 16.1 Å². The Morgan fingerprint density at radius 1 is 1.48 bits per heavy atom. The van der Waals surface area contributed by atoms with Crippen LogP contribution in [0.5, 0.6) is 0 Å². The minimum Gasteiger partial charge on any atom is -0.465 e. The van der Waals surface area contributed by atoms with Crippen LogP contribution in [0.4, 0.5) is 10.8 Å². The molecule has 2 heterocycles. The van der Waals surface area contributed by atoms with Gasteiger partial charge in [-0.1, -0.05) is 0 Å². The number of methoxy groups -OCH3 is 1. The summed E-state index contributed by atoms with van der Waals surface area (Å²) in [5.74, 6) is -1.29. The van der Waals surface area contributed by atoms with Gasteiger partial charge in [-0.15, -0.1) is 11.3 Å². The lowest BCUT2D eigenvalue weighted by atomic mass is 10.1. The van der Waals surface area contributed by atoms with Gasteiger partial charge in [0.1, 0.15) is 17.7 Å². The first-order valence-electron chi connectivity index (χ1n) is 6.47. The summed E-state index contributed by atoms with van der Waals surface area (Å²) in [6.45, 7) is 3.45. The van der Waals surface area contributed by atoms with Crippen molar-refractivity contribution >= 4 is 34.0 Å². The highest BCUT2D eigenvalue weighted by Gasteiger charge is 2.22. The van der Waals surface area contributed by atoms with Crippen molar-refractivity contribution < 1.29 is 19.2 Å². The molecule has 0 aliphatic rings. The number of thiophene rings is 1. The first kappa shape index (κ1) is 16.6. The van der Waals surface area contributed by atoms with Crippen LogP contribution in [0.15, 0.2) is 12.5 Å². The molecule has 2 aromatic heterocycles. The number of hydrogen-bond acceptors (Lipinski definition) is 7. The zero-order chi connectivity index (χ0) is 17.1. The maximum Gasteiger partial charge on any atom is 0.381 e. The standard InChI is InChI=1S/C13H14N4O5S/c1-7-8(2)23-12(11(7)13(19)22-3)15-10(18)5-16-4-9(14-6-16)17(20)21/h4,6H,5H2,1-3H3,(H,15,18). The van der Waals surface area contributed by atoms with Gasteiger partial charge in [0.2, 0.25) is 12.2 Å². The number of anilines is 1. The minimum absolute atomic E-state index is 0.155. The van der Waals surface area contributed by atoms with Crippen LogP contribution < -0.4 is 5.32 Å². The van der Waals surface area contributed by atoms with E-state index in [1.54, 1.807) is 6.92 Å². The van der Waals surface area contributed by atoms with Crippen LogP contribution in [0.25, 0.3) is 0 Å². The van der Waals surface area contributed by atoms with Crippen molar-refractivity contribution in [2.75, 3.05) is 12.4 Å². The summed E-state index contributed by atoms with van der Waals surface area (Å²) in [6.07, 6.45) is 2.36. The summed E-state index contributed by atoms with van der Waals surface area (Å²) < 4.78 is 6.02. The number of imidazole rings is 1. The molecule has 0 aliphatic heterocycles. The SMILES string of the molecule is COC(=O)c1c(NC(=O)Cn2cnc([N+](=O)[O-])c2)sc(C)c1C. The Hall–Kier alpha value is -2.75. The number of amides is 1. The van der Waals surface area contributed by atoms with Gasteiger partial charge >= 0.3 is 11.8 Å². The Labute approximate surface area is 135 Å². The van der Waals surface area contributed by atoms with E-state index in [2.05, 4.69) is 10.3 Å². The molecule has 23 heavy (non-hydrogen) atoms. The molecule has 0 saturated heterocycles. The van der Waals surface area contributed by atoms with E-state index in [-0.39, 0.29) is 12.4 Å². The monoisotopic (exact) mass is 338 g/mol. The maximum absolute atomic E-state index is 12.1. The second-order valence-corrected chi connectivity index (χ2v) is 5.91. The van der Waals surface area contributed by atoms with E-state index in [1.807, 2.05) is 6.92 Å². The van der Waals surface area contributed by atoms with Crippen LogP contribution in [0, 0.1) is 24.0 Å². The average Bonchev–Trinajstić information content (AvgIpc) is 3.04. The van der Waals surface area contributed by atoms with E-state index in [1.165, 1.54) is 29.3 Å². The lowest BCUT2D eigenvalue weighted by Gasteiger charge is -2.06. The third-order valence-electron chi connectivity index (χ3n) is 3.16. The van der Waals surface area contributed by atoms with Crippen LogP contribution in [-0.4, -0.2) is 33.5 Å². The first-order chi connectivity index (χ1) is 10.8. The third-order valence-corrected chi connectivity index (χ3v) is 4.28. The maximum atomic E-state index is 12.1. The molecule has 0 bridgehead atoms. The van der Waals surface area contributed by atoms with Gasteiger partial charge in [-0.05, 0) is 29.3 Å². The Bertz CT molecular complexity index is 779. The predicted molar refractivity (Wildman–Crippen MR) is 82.6 cm³/mol. The van der Waals surface area contributed by atoms with Crippen LogP contribution in [0.3, 0.4) is 0 Å². The predicted octanol–water partition coefficient (Wildman–Crippen LogP) is 1.89. The van der Waals surface area contributed by atoms with E-state index >= 15 is 0 Å². The van der Waals surface area contributed by atoms with Crippen molar-refractivity contribution in [3.05, 3.63) is 38.6 Å².